The third kappa shape index (κ3) is 4.90. The standard InChI is InChI=1S/C20H18BrIN2O3/c1-2-9-24-19(25)17(23-20(24)26)11-14-10-15(21)5-8-18(14)27-12-13-3-6-16(22)7-4-13/h3-8,10-11H,2,9,12H2,1H3,(H,23,26)/b17-11+. The summed E-state index contributed by atoms with van der Waals surface area (Å²) in [5.41, 5.74) is 2.03. The highest BCUT2D eigenvalue weighted by molar-refractivity contribution is 14.1. The number of urea groups is 1. The van der Waals surface area contributed by atoms with E-state index < -0.39 is 0 Å². The predicted octanol–water partition coefficient (Wildman–Crippen LogP) is 4.94. The third-order valence-electron chi connectivity index (χ3n) is 3.99. The molecular formula is C20H18BrIN2O3. The molecule has 140 valence electrons. The number of ether oxygens (including phenoxy) is 1. The summed E-state index contributed by atoms with van der Waals surface area (Å²) in [4.78, 5) is 25.6. The summed E-state index contributed by atoms with van der Waals surface area (Å²) < 4.78 is 7.98. The van der Waals surface area contributed by atoms with Crippen molar-refractivity contribution in [2.75, 3.05) is 6.54 Å². The number of benzene rings is 2. The van der Waals surface area contributed by atoms with Gasteiger partial charge in [-0.2, -0.15) is 0 Å². The topological polar surface area (TPSA) is 58.6 Å². The number of hydrogen-bond donors (Lipinski definition) is 1. The van der Waals surface area contributed by atoms with Gasteiger partial charge >= 0.3 is 6.03 Å². The van der Waals surface area contributed by atoms with Gasteiger partial charge in [-0.15, -0.1) is 0 Å². The van der Waals surface area contributed by atoms with E-state index in [-0.39, 0.29) is 17.6 Å². The Morgan fingerprint density at radius 3 is 2.63 bits per heavy atom. The van der Waals surface area contributed by atoms with Gasteiger partial charge in [-0.25, -0.2) is 4.79 Å². The number of nitrogens with one attached hydrogen (secondary N) is 1. The van der Waals surface area contributed by atoms with Gasteiger partial charge in [0.05, 0.1) is 0 Å². The van der Waals surface area contributed by atoms with Crippen LogP contribution in [0.25, 0.3) is 6.08 Å². The number of amides is 3. The molecule has 3 rings (SSSR count). The average molecular weight is 541 g/mol. The Morgan fingerprint density at radius 2 is 1.93 bits per heavy atom. The molecule has 0 spiro atoms. The smallest absolute Gasteiger partial charge is 0.329 e. The lowest BCUT2D eigenvalue weighted by Crippen LogP contribution is -2.31. The Balaban J connectivity index is 1.83. The van der Waals surface area contributed by atoms with Crippen LogP contribution in [0.5, 0.6) is 5.75 Å². The summed E-state index contributed by atoms with van der Waals surface area (Å²) in [6, 6.07) is 13.3. The Morgan fingerprint density at radius 1 is 1.19 bits per heavy atom. The van der Waals surface area contributed by atoms with E-state index in [0.717, 1.165) is 19.2 Å². The van der Waals surface area contributed by atoms with Gasteiger partial charge in [0.15, 0.2) is 0 Å². The first kappa shape index (κ1) is 19.9. The second-order valence-corrected chi connectivity index (χ2v) is 8.20. The van der Waals surface area contributed by atoms with Crippen molar-refractivity contribution in [3.8, 4) is 5.75 Å². The summed E-state index contributed by atoms with van der Waals surface area (Å²) in [6.45, 7) is 2.74. The number of halogens is 2. The molecule has 2 aromatic carbocycles. The predicted molar refractivity (Wildman–Crippen MR) is 116 cm³/mol. The number of carbonyl (C=O) groups is 2. The number of hydrogen-bond acceptors (Lipinski definition) is 3. The number of rotatable bonds is 6. The van der Waals surface area contributed by atoms with Crippen LogP contribution in [0, 0.1) is 3.57 Å². The van der Waals surface area contributed by atoms with Crippen LogP contribution < -0.4 is 10.1 Å². The van der Waals surface area contributed by atoms with Crippen molar-refractivity contribution in [2.45, 2.75) is 20.0 Å². The van der Waals surface area contributed by atoms with Crippen LogP contribution in [0.2, 0.25) is 0 Å². The zero-order chi connectivity index (χ0) is 19.4. The van der Waals surface area contributed by atoms with Gasteiger partial charge in [0.2, 0.25) is 0 Å². The SMILES string of the molecule is CCCN1C(=O)N/C(=C/c2cc(Br)ccc2OCc2ccc(I)cc2)C1=O. The first-order valence-corrected chi connectivity index (χ1v) is 10.4. The largest absolute Gasteiger partial charge is 0.488 e. The van der Waals surface area contributed by atoms with Crippen molar-refractivity contribution in [1.82, 2.24) is 10.2 Å². The van der Waals surface area contributed by atoms with E-state index in [4.69, 9.17) is 4.74 Å². The molecule has 0 aliphatic carbocycles. The van der Waals surface area contributed by atoms with Gasteiger partial charge in [0, 0.05) is 20.2 Å². The van der Waals surface area contributed by atoms with Gasteiger partial charge in [-0.05, 0) is 71.0 Å². The maximum atomic E-state index is 12.4. The average Bonchev–Trinajstić information content (AvgIpc) is 2.90. The number of imide groups is 1. The fraction of sp³-hybridized carbons (Fsp3) is 0.200. The first-order chi connectivity index (χ1) is 13.0. The molecule has 1 N–H and O–H groups in total. The van der Waals surface area contributed by atoms with Crippen LogP contribution in [0.1, 0.15) is 24.5 Å². The Kier molecular flexibility index (Phi) is 6.54. The van der Waals surface area contributed by atoms with Crippen LogP contribution in [0.3, 0.4) is 0 Å². The normalized spacial score (nSPS) is 15.4. The molecule has 0 atom stereocenters. The number of carbonyl (C=O) groups excluding carboxylic acids is 2. The molecule has 1 saturated heterocycles. The minimum atomic E-state index is -0.385. The van der Waals surface area contributed by atoms with Crippen molar-refractivity contribution >= 4 is 56.5 Å². The summed E-state index contributed by atoms with van der Waals surface area (Å²) >= 11 is 5.70. The molecule has 0 radical (unpaired) electrons. The highest BCUT2D eigenvalue weighted by Crippen LogP contribution is 2.27. The van der Waals surface area contributed by atoms with Gasteiger partial charge in [-0.3, -0.25) is 9.69 Å². The van der Waals surface area contributed by atoms with E-state index in [1.807, 2.05) is 49.4 Å². The first-order valence-electron chi connectivity index (χ1n) is 8.49. The lowest BCUT2D eigenvalue weighted by atomic mass is 10.1. The fourth-order valence-corrected chi connectivity index (χ4v) is 3.40. The summed E-state index contributed by atoms with van der Waals surface area (Å²) in [6.07, 6.45) is 2.37. The minimum Gasteiger partial charge on any atom is -0.488 e. The maximum Gasteiger partial charge on any atom is 0.329 e. The van der Waals surface area contributed by atoms with Crippen molar-refractivity contribution in [2.24, 2.45) is 0 Å². The minimum absolute atomic E-state index is 0.255. The van der Waals surface area contributed by atoms with Gasteiger partial charge in [-0.1, -0.05) is 35.0 Å². The second kappa shape index (κ2) is 8.88. The maximum absolute atomic E-state index is 12.4. The zero-order valence-electron chi connectivity index (χ0n) is 14.7. The lowest BCUT2D eigenvalue weighted by molar-refractivity contribution is -0.122. The van der Waals surface area contributed by atoms with Gasteiger partial charge < -0.3 is 10.1 Å². The van der Waals surface area contributed by atoms with Crippen LogP contribution >= 0.6 is 38.5 Å². The second-order valence-electron chi connectivity index (χ2n) is 6.04. The number of nitrogens with zero attached hydrogens (tertiary/aromatic N) is 1. The van der Waals surface area contributed by atoms with Crippen LogP contribution in [0.4, 0.5) is 4.79 Å². The van der Waals surface area contributed by atoms with Crippen LogP contribution in [0.15, 0.2) is 52.6 Å². The highest BCUT2D eigenvalue weighted by atomic mass is 127. The highest BCUT2D eigenvalue weighted by Gasteiger charge is 2.32. The molecule has 0 bridgehead atoms. The van der Waals surface area contributed by atoms with Crippen LogP contribution in [-0.2, 0) is 11.4 Å². The lowest BCUT2D eigenvalue weighted by Gasteiger charge is -2.11. The molecule has 1 heterocycles. The molecule has 0 aromatic heterocycles. The summed E-state index contributed by atoms with van der Waals surface area (Å²) in [5.74, 6) is 0.325. The Bertz CT molecular complexity index is 897. The van der Waals surface area contributed by atoms with Crippen molar-refractivity contribution in [3.63, 3.8) is 0 Å². The summed E-state index contributed by atoms with van der Waals surface area (Å²) in [7, 11) is 0. The quantitative estimate of drug-likeness (QED) is 0.321. The zero-order valence-corrected chi connectivity index (χ0v) is 18.4. The molecule has 1 aliphatic rings. The van der Waals surface area contributed by atoms with Crippen molar-refractivity contribution in [3.05, 3.63) is 67.3 Å². The molecule has 0 saturated carbocycles. The van der Waals surface area contributed by atoms with E-state index in [9.17, 15) is 9.59 Å². The summed E-state index contributed by atoms with van der Waals surface area (Å²) in [5, 5.41) is 2.64. The molecule has 7 heteroatoms. The van der Waals surface area contributed by atoms with Gasteiger partial charge in [0.1, 0.15) is 18.1 Å². The van der Waals surface area contributed by atoms with Crippen molar-refractivity contribution < 1.29 is 14.3 Å². The molecule has 3 amide bonds. The Labute approximate surface area is 180 Å². The van der Waals surface area contributed by atoms with E-state index in [1.54, 1.807) is 6.08 Å². The molecule has 0 unspecified atom stereocenters. The fourth-order valence-electron chi connectivity index (χ4n) is 2.66. The molecule has 27 heavy (non-hydrogen) atoms. The van der Waals surface area contributed by atoms with E-state index in [0.29, 0.717) is 25.3 Å². The molecular weight excluding hydrogens is 523 g/mol. The molecule has 1 aliphatic heterocycles. The molecule has 1 fully saturated rings. The molecule has 5 nitrogen and oxygen atoms in total. The van der Waals surface area contributed by atoms with E-state index >= 15 is 0 Å². The monoisotopic (exact) mass is 540 g/mol. The van der Waals surface area contributed by atoms with Gasteiger partial charge in [0.25, 0.3) is 5.91 Å². The third-order valence-corrected chi connectivity index (χ3v) is 5.20. The van der Waals surface area contributed by atoms with E-state index in [1.165, 1.54) is 4.90 Å². The Hall–Kier alpha value is -1.87. The molecule has 2 aromatic rings. The van der Waals surface area contributed by atoms with Crippen molar-refractivity contribution in [1.29, 1.82) is 0 Å². The van der Waals surface area contributed by atoms with Crippen LogP contribution in [-0.4, -0.2) is 23.4 Å². The van der Waals surface area contributed by atoms with E-state index in [2.05, 4.69) is 43.8 Å².